The van der Waals surface area contributed by atoms with Crippen LogP contribution in [0.25, 0.3) is 0 Å². The molecule has 1 N–H and O–H groups in total. The number of aliphatic carboxylic acids is 1. The smallest absolute Gasteiger partial charge is 0.306 e. The molecule has 3 rings (SSSR count). The number of carbonyl (C=O) groups excluding carboxylic acids is 2. The molecule has 2 amide bonds. The Balaban J connectivity index is 1.75. The van der Waals surface area contributed by atoms with Gasteiger partial charge >= 0.3 is 5.97 Å². The molecule has 2 saturated carbocycles. The predicted molar refractivity (Wildman–Crippen MR) is 61.4 cm³/mol. The molecule has 1 aliphatic heterocycles. The molecule has 1 heterocycles. The highest BCUT2D eigenvalue weighted by Gasteiger charge is 2.73. The van der Waals surface area contributed by atoms with Crippen molar-refractivity contribution in [2.45, 2.75) is 39.2 Å². The zero-order valence-electron chi connectivity index (χ0n) is 10.5. The Morgan fingerprint density at radius 3 is 2.22 bits per heavy atom. The van der Waals surface area contributed by atoms with Gasteiger partial charge in [-0.3, -0.25) is 19.3 Å². The average Bonchev–Trinajstić information content (AvgIpc) is 2.65. The highest BCUT2D eigenvalue weighted by Crippen LogP contribution is 2.64. The van der Waals surface area contributed by atoms with Crippen LogP contribution in [0, 0.1) is 23.2 Å². The van der Waals surface area contributed by atoms with Crippen LogP contribution in [0.1, 0.15) is 33.1 Å². The van der Waals surface area contributed by atoms with Crippen molar-refractivity contribution in [1.29, 1.82) is 0 Å². The van der Waals surface area contributed by atoms with Gasteiger partial charge in [-0.2, -0.15) is 0 Å². The van der Waals surface area contributed by atoms with Crippen LogP contribution in [0.4, 0.5) is 0 Å². The third-order valence-electron chi connectivity index (χ3n) is 4.95. The summed E-state index contributed by atoms with van der Waals surface area (Å²) < 4.78 is 0. The van der Waals surface area contributed by atoms with Gasteiger partial charge in [-0.15, -0.1) is 0 Å². The Morgan fingerprint density at radius 2 is 1.78 bits per heavy atom. The Bertz CT molecular complexity index is 432. The van der Waals surface area contributed by atoms with E-state index in [-0.39, 0.29) is 35.1 Å². The van der Waals surface area contributed by atoms with Crippen LogP contribution in [-0.2, 0) is 14.4 Å². The van der Waals surface area contributed by atoms with Crippen molar-refractivity contribution in [2.75, 3.05) is 0 Å². The number of piperidine rings is 1. The topological polar surface area (TPSA) is 74.7 Å². The summed E-state index contributed by atoms with van der Waals surface area (Å²) in [7, 11) is 0. The number of rotatable bonds is 2. The summed E-state index contributed by atoms with van der Waals surface area (Å²) in [6, 6.07) is -0.185. The van der Waals surface area contributed by atoms with Gasteiger partial charge < -0.3 is 5.11 Å². The Labute approximate surface area is 105 Å². The Kier molecular flexibility index (Phi) is 2.17. The van der Waals surface area contributed by atoms with Gasteiger partial charge in [0.2, 0.25) is 11.8 Å². The lowest BCUT2D eigenvalue weighted by molar-refractivity contribution is -0.147. The van der Waals surface area contributed by atoms with Gasteiger partial charge in [0.1, 0.15) is 0 Å². The number of carboxylic acid groups (broad SMARTS) is 1. The van der Waals surface area contributed by atoms with Crippen molar-refractivity contribution >= 4 is 17.8 Å². The molecule has 98 valence electrons. The first kappa shape index (κ1) is 11.7. The van der Waals surface area contributed by atoms with E-state index < -0.39 is 11.9 Å². The van der Waals surface area contributed by atoms with Gasteiger partial charge in [0, 0.05) is 6.04 Å². The standard InChI is InChI=1S/C13H17NO4/c1-13(2)8-9(13)11(16)14(10(8)15)7-4-3-6(5-7)12(17)18/h6-9H,3-5H2,1-2H3,(H,17,18). The van der Waals surface area contributed by atoms with Crippen molar-refractivity contribution in [3.63, 3.8) is 0 Å². The number of hydrogen-bond donors (Lipinski definition) is 1. The molecule has 0 aromatic carbocycles. The summed E-state index contributed by atoms with van der Waals surface area (Å²) >= 11 is 0. The first-order valence-corrected chi connectivity index (χ1v) is 6.45. The van der Waals surface area contributed by atoms with E-state index in [9.17, 15) is 14.4 Å². The predicted octanol–water partition coefficient (Wildman–Crippen LogP) is 0.881. The van der Waals surface area contributed by atoms with E-state index in [1.54, 1.807) is 0 Å². The third kappa shape index (κ3) is 1.30. The average molecular weight is 251 g/mol. The second-order valence-corrected chi connectivity index (χ2v) is 6.33. The lowest BCUT2D eigenvalue weighted by Gasteiger charge is -2.26. The molecular formula is C13H17NO4. The van der Waals surface area contributed by atoms with Crippen LogP contribution in [0.5, 0.6) is 0 Å². The summed E-state index contributed by atoms with van der Waals surface area (Å²) in [5, 5.41) is 8.96. The number of nitrogens with zero attached hydrogens (tertiary/aromatic N) is 1. The van der Waals surface area contributed by atoms with Crippen molar-refractivity contribution in [3.05, 3.63) is 0 Å². The number of imide groups is 1. The van der Waals surface area contributed by atoms with Crippen LogP contribution >= 0.6 is 0 Å². The van der Waals surface area contributed by atoms with Crippen molar-refractivity contribution in [3.8, 4) is 0 Å². The van der Waals surface area contributed by atoms with Crippen LogP contribution < -0.4 is 0 Å². The molecule has 2 aliphatic carbocycles. The molecule has 5 heteroatoms. The van der Waals surface area contributed by atoms with Gasteiger partial charge in [0.25, 0.3) is 0 Å². The number of fused-ring (bicyclic) bond motifs is 1. The summed E-state index contributed by atoms with van der Waals surface area (Å²) in [5.41, 5.74) is -0.185. The van der Waals surface area contributed by atoms with Gasteiger partial charge in [0.15, 0.2) is 0 Å². The molecule has 4 unspecified atom stereocenters. The minimum atomic E-state index is -0.818. The Hall–Kier alpha value is -1.39. The van der Waals surface area contributed by atoms with E-state index in [1.165, 1.54) is 4.90 Å². The van der Waals surface area contributed by atoms with Crippen LogP contribution in [-0.4, -0.2) is 33.8 Å². The van der Waals surface area contributed by atoms with Gasteiger partial charge in [-0.05, 0) is 24.7 Å². The highest BCUT2D eigenvalue weighted by atomic mass is 16.4. The van der Waals surface area contributed by atoms with Crippen LogP contribution in [0.3, 0.4) is 0 Å². The van der Waals surface area contributed by atoms with E-state index in [0.29, 0.717) is 19.3 Å². The van der Waals surface area contributed by atoms with E-state index >= 15 is 0 Å². The minimum Gasteiger partial charge on any atom is -0.481 e. The zero-order valence-corrected chi connectivity index (χ0v) is 10.5. The lowest BCUT2D eigenvalue weighted by Crippen LogP contribution is -2.43. The van der Waals surface area contributed by atoms with E-state index in [2.05, 4.69) is 0 Å². The molecule has 0 bridgehead atoms. The normalized spacial score (nSPS) is 41.1. The molecule has 0 radical (unpaired) electrons. The molecular weight excluding hydrogens is 234 g/mol. The van der Waals surface area contributed by atoms with E-state index in [0.717, 1.165) is 0 Å². The summed E-state index contributed by atoms with van der Waals surface area (Å²) in [6.07, 6.45) is 1.62. The molecule has 3 aliphatic rings. The number of amides is 2. The maximum absolute atomic E-state index is 12.2. The molecule has 0 aromatic rings. The molecule has 5 nitrogen and oxygen atoms in total. The van der Waals surface area contributed by atoms with Crippen LogP contribution in [0.2, 0.25) is 0 Å². The molecule has 0 spiro atoms. The number of hydrogen-bond acceptors (Lipinski definition) is 3. The minimum absolute atomic E-state index is 0.0777. The fourth-order valence-electron chi connectivity index (χ4n) is 3.74. The Morgan fingerprint density at radius 1 is 1.22 bits per heavy atom. The second kappa shape index (κ2) is 3.33. The first-order chi connectivity index (χ1) is 8.35. The molecule has 3 fully saturated rings. The van der Waals surface area contributed by atoms with E-state index in [4.69, 9.17) is 5.11 Å². The van der Waals surface area contributed by atoms with Gasteiger partial charge in [0.05, 0.1) is 17.8 Å². The maximum Gasteiger partial charge on any atom is 0.306 e. The molecule has 18 heavy (non-hydrogen) atoms. The summed E-state index contributed by atoms with van der Waals surface area (Å²) in [4.78, 5) is 36.7. The van der Waals surface area contributed by atoms with Gasteiger partial charge in [-0.1, -0.05) is 13.8 Å². The maximum atomic E-state index is 12.2. The quantitative estimate of drug-likeness (QED) is 0.739. The number of carboxylic acids is 1. The van der Waals surface area contributed by atoms with E-state index in [1.807, 2.05) is 13.8 Å². The number of likely N-dealkylation sites (tertiary alicyclic amines) is 1. The third-order valence-corrected chi connectivity index (χ3v) is 4.95. The fraction of sp³-hybridized carbons (Fsp3) is 0.769. The van der Waals surface area contributed by atoms with Gasteiger partial charge in [-0.25, -0.2) is 0 Å². The van der Waals surface area contributed by atoms with Crippen molar-refractivity contribution < 1.29 is 19.5 Å². The molecule has 0 aromatic heterocycles. The SMILES string of the molecule is CC1(C)C2C(=O)N(C3CCC(C(=O)O)C3)C(=O)C21. The van der Waals surface area contributed by atoms with Crippen molar-refractivity contribution in [2.24, 2.45) is 23.2 Å². The van der Waals surface area contributed by atoms with Crippen molar-refractivity contribution in [1.82, 2.24) is 4.90 Å². The highest BCUT2D eigenvalue weighted by molar-refractivity contribution is 6.10. The number of carbonyl (C=O) groups is 3. The fourth-order valence-corrected chi connectivity index (χ4v) is 3.74. The summed E-state index contributed by atoms with van der Waals surface area (Å²) in [6.45, 7) is 3.90. The second-order valence-electron chi connectivity index (χ2n) is 6.33. The molecule has 4 atom stereocenters. The summed E-state index contributed by atoms with van der Waals surface area (Å²) in [5.74, 6) is -1.69. The zero-order chi connectivity index (χ0) is 13.2. The first-order valence-electron chi connectivity index (χ1n) is 6.45. The lowest BCUT2D eigenvalue weighted by atomic mass is 10.0. The largest absolute Gasteiger partial charge is 0.481 e. The molecule has 1 saturated heterocycles. The monoisotopic (exact) mass is 251 g/mol. The van der Waals surface area contributed by atoms with Crippen LogP contribution in [0.15, 0.2) is 0 Å².